The van der Waals surface area contributed by atoms with Gasteiger partial charge in [-0.2, -0.15) is 4.74 Å². The van der Waals surface area contributed by atoms with E-state index in [1.165, 1.54) is 6.92 Å². The number of rotatable bonds is 6. The Kier molecular flexibility index (Phi) is 5.54. The van der Waals surface area contributed by atoms with Crippen molar-refractivity contribution in [2.75, 3.05) is 6.79 Å². The lowest BCUT2D eigenvalue weighted by molar-refractivity contribution is -0.160. The zero-order chi connectivity index (χ0) is 10.3. The molecule has 0 bridgehead atoms. The van der Waals surface area contributed by atoms with Gasteiger partial charge in [-0.05, 0) is 6.92 Å². The van der Waals surface area contributed by atoms with Crippen LogP contribution in [0.15, 0.2) is 0 Å². The largest absolute Gasteiger partial charge is 0.428 e. The summed E-state index contributed by atoms with van der Waals surface area (Å²) >= 11 is 0. The smallest absolute Gasteiger partial charge is 0.376 e. The van der Waals surface area contributed by atoms with Crippen LogP contribution in [0.1, 0.15) is 19.8 Å². The minimum atomic E-state index is -0.995. The van der Waals surface area contributed by atoms with Gasteiger partial charge in [0.1, 0.15) is 5.78 Å². The maximum atomic E-state index is 10.9. The molecule has 13 heavy (non-hydrogen) atoms. The average molecular weight is 187 g/mol. The highest BCUT2D eigenvalue weighted by Gasteiger charge is 2.15. The van der Waals surface area contributed by atoms with E-state index in [2.05, 4.69) is 16.6 Å². The van der Waals surface area contributed by atoms with Crippen LogP contribution >= 0.6 is 0 Å². The first-order valence-electron chi connectivity index (χ1n) is 3.64. The second kappa shape index (κ2) is 6.19. The Morgan fingerprint density at radius 2 is 1.85 bits per heavy atom. The fraction of sp³-hybridized carbons (Fsp3) is 0.500. The molecular formula is C8H11O5+. The molecular weight excluding hydrogens is 176 g/mol. The van der Waals surface area contributed by atoms with Crippen LogP contribution in [0.4, 0.5) is 0 Å². The summed E-state index contributed by atoms with van der Waals surface area (Å²) in [6, 6.07) is 0. The van der Waals surface area contributed by atoms with E-state index in [4.69, 9.17) is 0 Å². The molecule has 0 amide bonds. The molecule has 0 heterocycles. The Bertz CT molecular complexity index is 209. The molecule has 0 radical (unpaired) electrons. The third kappa shape index (κ3) is 5.86. The standard InChI is InChI=1S/C8H11O5/c1-6(9)3-4-7(10)8(11)13-5-12-2/h2-5H2,1H3/q+1. The van der Waals surface area contributed by atoms with Gasteiger partial charge in [0.2, 0.25) is 19.7 Å². The van der Waals surface area contributed by atoms with E-state index in [1.54, 1.807) is 0 Å². The third-order valence-corrected chi connectivity index (χ3v) is 1.21. The monoisotopic (exact) mass is 187 g/mol. The summed E-state index contributed by atoms with van der Waals surface area (Å²) in [7, 11) is 2.95. The first-order valence-corrected chi connectivity index (χ1v) is 3.64. The molecule has 72 valence electrons. The van der Waals surface area contributed by atoms with Crippen LogP contribution in [-0.4, -0.2) is 24.3 Å². The molecule has 0 saturated heterocycles. The van der Waals surface area contributed by atoms with Gasteiger partial charge in [0.05, 0.1) is 0 Å². The molecule has 0 aromatic carbocycles. The number of esters is 1. The van der Waals surface area contributed by atoms with E-state index in [1.807, 2.05) is 0 Å². The zero-order valence-corrected chi connectivity index (χ0v) is 7.37. The Labute approximate surface area is 76.0 Å². The maximum Gasteiger partial charge on any atom is 0.376 e. The highest BCUT2D eigenvalue weighted by atomic mass is 16.7. The zero-order valence-electron chi connectivity index (χ0n) is 7.37. The molecule has 5 heteroatoms. The van der Waals surface area contributed by atoms with Crippen molar-refractivity contribution in [3.8, 4) is 0 Å². The van der Waals surface area contributed by atoms with Crippen LogP contribution in [0.5, 0.6) is 0 Å². The van der Waals surface area contributed by atoms with Crippen molar-refractivity contribution < 1.29 is 23.9 Å². The molecule has 0 aliphatic heterocycles. The van der Waals surface area contributed by atoms with Crippen molar-refractivity contribution in [1.82, 2.24) is 0 Å². The van der Waals surface area contributed by atoms with E-state index in [9.17, 15) is 14.4 Å². The van der Waals surface area contributed by atoms with Gasteiger partial charge in [0, 0.05) is 12.8 Å². The predicted molar refractivity (Wildman–Crippen MR) is 42.3 cm³/mol. The molecule has 0 unspecified atom stereocenters. The Hall–Kier alpha value is -1.36. The topological polar surface area (TPSA) is 69.7 Å². The fourth-order valence-electron chi connectivity index (χ4n) is 0.567. The first kappa shape index (κ1) is 11.6. The number of ether oxygens (including phenoxy) is 2. The summed E-state index contributed by atoms with van der Waals surface area (Å²) < 4.78 is 8.48. The second-order valence-corrected chi connectivity index (χ2v) is 2.38. The summed E-state index contributed by atoms with van der Waals surface area (Å²) in [5, 5.41) is 0. The highest BCUT2D eigenvalue weighted by Crippen LogP contribution is 1.94. The first-order chi connectivity index (χ1) is 6.07. The summed E-state index contributed by atoms with van der Waals surface area (Å²) in [6.45, 7) is 0.988. The molecule has 0 atom stereocenters. The maximum absolute atomic E-state index is 10.9. The van der Waals surface area contributed by atoms with Gasteiger partial charge in [-0.15, -0.1) is 0 Å². The summed E-state index contributed by atoms with van der Waals surface area (Å²) in [5.74, 6) is -1.87. The van der Waals surface area contributed by atoms with Gasteiger partial charge in [-0.25, -0.2) is 4.79 Å². The van der Waals surface area contributed by atoms with Gasteiger partial charge in [-0.1, -0.05) is 0 Å². The molecule has 0 aromatic rings. The molecule has 0 N–H and O–H groups in total. The van der Waals surface area contributed by atoms with E-state index < -0.39 is 11.8 Å². The predicted octanol–water partition coefficient (Wildman–Crippen LogP) is 0.234. The van der Waals surface area contributed by atoms with E-state index in [0.29, 0.717) is 0 Å². The van der Waals surface area contributed by atoms with Crippen molar-refractivity contribution in [2.45, 2.75) is 19.8 Å². The number of carbonyl (C=O) groups excluding carboxylic acids is 3. The number of carbonyl (C=O) groups is 3. The minimum absolute atomic E-state index is 0.0547. The van der Waals surface area contributed by atoms with Crippen molar-refractivity contribution in [1.29, 1.82) is 0 Å². The number of hydrogen-bond acceptors (Lipinski definition) is 5. The van der Waals surface area contributed by atoms with Crippen molar-refractivity contribution in [3.63, 3.8) is 0 Å². The quantitative estimate of drug-likeness (QED) is 0.258. The van der Waals surface area contributed by atoms with Crippen molar-refractivity contribution in [3.05, 3.63) is 7.11 Å². The molecule has 5 nitrogen and oxygen atoms in total. The van der Waals surface area contributed by atoms with Gasteiger partial charge < -0.3 is 9.53 Å². The SMILES string of the molecule is [CH2+]OCOC(=O)C(=O)CCC(C)=O. The normalized spacial score (nSPS) is 9.31. The lowest BCUT2D eigenvalue weighted by Gasteiger charge is -1.98. The van der Waals surface area contributed by atoms with E-state index >= 15 is 0 Å². The molecule has 0 aromatic heterocycles. The molecule has 0 rings (SSSR count). The van der Waals surface area contributed by atoms with E-state index in [0.717, 1.165) is 0 Å². The summed E-state index contributed by atoms with van der Waals surface area (Å²) in [4.78, 5) is 32.0. The summed E-state index contributed by atoms with van der Waals surface area (Å²) in [6.07, 6.45) is -0.0650. The Balaban J connectivity index is 3.70. The lowest BCUT2D eigenvalue weighted by Crippen LogP contribution is -2.18. The molecule has 0 fully saturated rings. The van der Waals surface area contributed by atoms with Gasteiger partial charge in [0.15, 0.2) is 0 Å². The third-order valence-electron chi connectivity index (χ3n) is 1.21. The van der Waals surface area contributed by atoms with Gasteiger partial charge in [-0.3, -0.25) is 4.79 Å². The highest BCUT2D eigenvalue weighted by molar-refractivity contribution is 6.33. The minimum Gasteiger partial charge on any atom is -0.428 e. The van der Waals surface area contributed by atoms with Gasteiger partial charge >= 0.3 is 5.97 Å². The Morgan fingerprint density at radius 1 is 1.23 bits per heavy atom. The summed E-state index contributed by atoms with van der Waals surface area (Å²) in [5.41, 5.74) is 0. The molecule has 0 spiro atoms. The number of hydrogen-bond donors (Lipinski definition) is 0. The number of Topliss-reactive ketones (excluding diaryl/α,β-unsaturated/α-hetero) is 2. The molecule has 0 saturated carbocycles. The second-order valence-electron chi connectivity index (χ2n) is 2.38. The lowest BCUT2D eigenvalue weighted by atomic mass is 10.2. The molecule has 0 aliphatic rings. The molecule has 0 aliphatic carbocycles. The van der Waals surface area contributed by atoms with Gasteiger partial charge in [0.25, 0.3) is 0 Å². The fourth-order valence-corrected chi connectivity index (χ4v) is 0.567. The van der Waals surface area contributed by atoms with Crippen LogP contribution in [0, 0.1) is 7.11 Å². The van der Waals surface area contributed by atoms with Crippen LogP contribution < -0.4 is 0 Å². The van der Waals surface area contributed by atoms with Crippen LogP contribution in [0.2, 0.25) is 0 Å². The number of ketones is 2. The van der Waals surface area contributed by atoms with Crippen LogP contribution in [-0.2, 0) is 23.9 Å². The van der Waals surface area contributed by atoms with E-state index in [-0.39, 0.29) is 25.4 Å². The van der Waals surface area contributed by atoms with Crippen molar-refractivity contribution >= 4 is 17.5 Å². The average Bonchev–Trinajstić information content (AvgIpc) is 2.10. The van der Waals surface area contributed by atoms with Crippen LogP contribution in [0.3, 0.4) is 0 Å². The van der Waals surface area contributed by atoms with Crippen molar-refractivity contribution in [2.24, 2.45) is 0 Å². The Morgan fingerprint density at radius 3 is 2.31 bits per heavy atom. The van der Waals surface area contributed by atoms with Crippen LogP contribution in [0.25, 0.3) is 0 Å².